The summed E-state index contributed by atoms with van der Waals surface area (Å²) in [5.41, 5.74) is 0.639. The average Bonchev–Trinajstić information content (AvgIpc) is 2.77. The van der Waals surface area contributed by atoms with E-state index in [-0.39, 0.29) is 23.5 Å². The van der Waals surface area contributed by atoms with Gasteiger partial charge in [0.05, 0.1) is 11.4 Å². The standard InChI is InChI=1S/C14H22N2O3S/c1-10-5-3-4-6-13(10)15-14(17)9-20(18)8-12-7-11(2)19-16-12/h7,10,13H,3-6,8-9H2,1-2H3,(H,15,17)/t10-,13-,20+/m1/s1. The van der Waals surface area contributed by atoms with E-state index in [9.17, 15) is 9.00 Å². The molecular weight excluding hydrogens is 276 g/mol. The van der Waals surface area contributed by atoms with Gasteiger partial charge in [0, 0.05) is 22.9 Å². The Morgan fingerprint density at radius 2 is 2.25 bits per heavy atom. The van der Waals surface area contributed by atoms with E-state index in [0.29, 0.717) is 17.4 Å². The van der Waals surface area contributed by atoms with Gasteiger partial charge in [0.25, 0.3) is 0 Å². The Labute approximate surface area is 121 Å². The Bertz CT molecular complexity index is 487. The number of nitrogens with one attached hydrogen (secondary N) is 1. The van der Waals surface area contributed by atoms with E-state index in [4.69, 9.17) is 4.52 Å². The molecule has 1 aliphatic carbocycles. The maximum atomic E-state index is 11.9. The Morgan fingerprint density at radius 1 is 1.50 bits per heavy atom. The second kappa shape index (κ2) is 7.02. The Balaban J connectivity index is 1.77. The zero-order chi connectivity index (χ0) is 14.5. The number of rotatable bonds is 5. The number of carbonyl (C=O) groups excluding carboxylic acids is 1. The molecule has 3 atom stereocenters. The van der Waals surface area contributed by atoms with Crippen molar-refractivity contribution in [2.75, 3.05) is 5.75 Å². The fourth-order valence-corrected chi connectivity index (χ4v) is 3.57. The van der Waals surface area contributed by atoms with Crippen molar-refractivity contribution in [2.45, 2.75) is 51.3 Å². The van der Waals surface area contributed by atoms with E-state index in [1.165, 1.54) is 6.42 Å². The first kappa shape index (κ1) is 15.2. The summed E-state index contributed by atoms with van der Waals surface area (Å²) in [4.78, 5) is 11.9. The molecule has 112 valence electrons. The summed E-state index contributed by atoms with van der Waals surface area (Å²) in [5, 5.41) is 6.81. The molecule has 20 heavy (non-hydrogen) atoms. The Hall–Kier alpha value is -1.17. The Kier molecular flexibility index (Phi) is 5.34. The van der Waals surface area contributed by atoms with Gasteiger partial charge in [0.1, 0.15) is 11.5 Å². The van der Waals surface area contributed by atoms with Gasteiger partial charge in [-0.1, -0.05) is 24.9 Å². The number of aromatic nitrogens is 1. The number of carbonyl (C=O) groups is 1. The quantitative estimate of drug-likeness (QED) is 0.901. The lowest BCUT2D eigenvalue weighted by molar-refractivity contribution is -0.119. The summed E-state index contributed by atoms with van der Waals surface area (Å²) in [6.07, 6.45) is 4.59. The first-order chi connectivity index (χ1) is 9.54. The monoisotopic (exact) mass is 298 g/mol. The van der Waals surface area contributed by atoms with Gasteiger partial charge in [-0.2, -0.15) is 0 Å². The number of hydrogen-bond acceptors (Lipinski definition) is 4. The minimum absolute atomic E-state index is 0.0368. The van der Waals surface area contributed by atoms with Gasteiger partial charge in [-0.25, -0.2) is 0 Å². The summed E-state index contributed by atoms with van der Waals surface area (Å²) in [6.45, 7) is 3.95. The van der Waals surface area contributed by atoms with E-state index in [2.05, 4.69) is 17.4 Å². The van der Waals surface area contributed by atoms with E-state index >= 15 is 0 Å². The maximum absolute atomic E-state index is 11.9. The third kappa shape index (κ3) is 4.44. The van der Waals surface area contributed by atoms with Crippen LogP contribution in [0.3, 0.4) is 0 Å². The van der Waals surface area contributed by atoms with Gasteiger partial charge in [-0.15, -0.1) is 0 Å². The van der Waals surface area contributed by atoms with Gasteiger partial charge < -0.3 is 9.84 Å². The second-order valence-electron chi connectivity index (χ2n) is 5.59. The minimum Gasteiger partial charge on any atom is -0.361 e. The van der Waals surface area contributed by atoms with Crippen molar-refractivity contribution in [3.63, 3.8) is 0 Å². The van der Waals surface area contributed by atoms with Crippen LogP contribution in [-0.2, 0) is 21.3 Å². The fraction of sp³-hybridized carbons (Fsp3) is 0.714. The molecule has 1 aliphatic rings. The summed E-state index contributed by atoms with van der Waals surface area (Å²) >= 11 is 0. The van der Waals surface area contributed by atoms with Crippen molar-refractivity contribution in [2.24, 2.45) is 5.92 Å². The van der Waals surface area contributed by atoms with Crippen LogP contribution in [0.15, 0.2) is 10.6 Å². The first-order valence-electron chi connectivity index (χ1n) is 7.11. The molecule has 1 fully saturated rings. The largest absolute Gasteiger partial charge is 0.361 e. The molecule has 0 saturated heterocycles. The van der Waals surface area contributed by atoms with Crippen LogP contribution in [0.25, 0.3) is 0 Å². The van der Waals surface area contributed by atoms with Crippen molar-refractivity contribution < 1.29 is 13.5 Å². The van der Waals surface area contributed by atoms with E-state index in [1.807, 2.05) is 0 Å². The van der Waals surface area contributed by atoms with E-state index < -0.39 is 10.8 Å². The van der Waals surface area contributed by atoms with Crippen LogP contribution in [0.1, 0.15) is 44.1 Å². The van der Waals surface area contributed by atoms with Crippen molar-refractivity contribution in [3.05, 3.63) is 17.5 Å². The minimum atomic E-state index is -1.24. The van der Waals surface area contributed by atoms with Gasteiger partial charge in [0.2, 0.25) is 5.91 Å². The molecule has 0 aliphatic heterocycles. The molecule has 1 N–H and O–H groups in total. The molecule has 1 aromatic heterocycles. The molecule has 5 nitrogen and oxygen atoms in total. The molecule has 0 bridgehead atoms. The molecule has 1 heterocycles. The van der Waals surface area contributed by atoms with Gasteiger partial charge >= 0.3 is 0 Å². The zero-order valence-electron chi connectivity index (χ0n) is 12.1. The summed E-state index contributed by atoms with van der Waals surface area (Å²) in [5.74, 6) is 1.39. The zero-order valence-corrected chi connectivity index (χ0v) is 12.9. The third-order valence-electron chi connectivity index (χ3n) is 3.74. The topological polar surface area (TPSA) is 72.2 Å². The number of hydrogen-bond donors (Lipinski definition) is 1. The second-order valence-corrected chi connectivity index (χ2v) is 7.05. The maximum Gasteiger partial charge on any atom is 0.232 e. The van der Waals surface area contributed by atoms with Crippen molar-refractivity contribution >= 4 is 16.7 Å². The third-order valence-corrected chi connectivity index (χ3v) is 4.94. The number of aryl methyl sites for hydroxylation is 1. The number of amides is 1. The van der Waals surface area contributed by atoms with Crippen LogP contribution >= 0.6 is 0 Å². The lowest BCUT2D eigenvalue weighted by Crippen LogP contribution is -2.42. The van der Waals surface area contributed by atoms with Crippen molar-refractivity contribution in [1.82, 2.24) is 10.5 Å². The lowest BCUT2D eigenvalue weighted by atomic mass is 9.86. The molecule has 1 aromatic rings. The predicted molar refractivity (Wildman–Crippen MR) is 77.5 cm³/mol. The van der Waals surface area contributed by atoms with Crippen LogP contribution in [0.2, 0.25) is 0 Å². The molecule has 0 radical (unpaired) electrons. The van der Waals surface area contributed by atoms with Crippen LogP contribution in [-0.4, -0.2) is 27.1 Å². The molecule has 2 rings (SSSR count). The predicted octanol–water partition coefficient (Wildman–Crippen LogP) is 1.93. The summed E-state index contributed by atoms with van der Waals surface area (Å²) in [6, 6.07) is 1.99. The van der Waals surface area contributed by atoms with Crippen molar-refractivity contribution in [3.8, 4) is 0 Å². The lowest BCUT2D eigenvalue weighted by Gasteiger charge is -2.29. The molecule has 0 aromatic carbocycles. The number of nitrogens with zero attached hydrogens (tertiary/aromatic N) is 1. The molecule has 0 spiro atoms. The fourth-order valence-electron chi connectivity index (χ4n) is 2.63. The molecule has 0 unspecified atom stereocenters. The first-order valence-corrected chi connectivity index (χ1v) is 8.60. The van der Waals surface area contributed by atoms with Crippen molar-refractivity contribution in [1.29, 1.82) is 0 Å². The normalized spacial score (nSPS) is 24.3. The van der Waals surface area contributed by atoms with E-state index in [1.54, 1.807) is 13.0 Å². The highest BCUT2D eigenvalue weighted by Crippen LogP contribution is 2.23. The van der Waals surface area contributed by atoms with Gasteiger partial charge in [-0.05, 0) is 25.7 Å². The van der Waals surface area contributed by atoms with E-state index in [0.717, 1.165) is 19.3 Å². The van der Waals surface area contributed by atoms with Gasteiger partial charge in [-0.3, -0.25) is 9.00 Å². The Morgan fingerprint density at radius 3 is 2.90 bits per heavy atom. The van der Waals surface area contributed by atoms with Crippen LogP contribution in [0, 0.1) is 12.8 Å². The average molecular weight is 298 g/mol. The molecule has 1 saturated carbocycles. The summed E-state index contributed by atoms with van der Waals surface area (Å²) in [7, 11) is -1.24. The smallest absolute Gasteiger partial charge is 0.232 e. The van der Waals surface area contributed by atoms with Crippen LogP contribution in [0.4, 0.5) is 0 Å². The highest BCUT2D eigenvalue weighted by atomic mass is 32.2. The van der Waals surface area contributed by atoms with Crippen LogP contribution in [0.5, 0.6) is 0 Å². The SMILES string of the molecule is Cc1cc(C[S@](=O)CC(=O)N[C@@H]2CCCC[C@H]2C)no1. The van der Waals surface area contributed by atoms with Crippen LogP contribution < -0.4 is 5.32 Å². The molecule has 6 heteroatoms. The summed E-state index contributed by atoms with van der Waals surface area (Å²) < 4.78 is 16.8. The molecular formula is C14H22N2O3S. The van der Waals surface area contributed by atoms with Gasteiger partial charge in [0.15, 0.2) is 0 Å². The molecule has 1 amide bonds. The highest BCUT2D eigenvalue weighted by molar-refractivity contribution is 7.84. The highest BCUT2D eigenvalue weighted by Gasteiger charge is 2.23.